The molecule has 2 bridgehead atoms. The van der Waals surface area contributed by atoms with Gasteiger partial charge in [0.05, 0.1) is 0 Å². The van der Waals surface area contributed by atoms with E-state index in [4.69, 9.17) is 0 Å². The van der Waals surface area contributed by atoms with Gasteiger partial charge in [-0.3, -0.25) is 0 Å². The van der Waals surface area contributed by atoms with Gasteiger partial charge >= 0.3 is 0 Å². The van der Waals surface area contributed by atoms with Gasteiger partial charge in [-0.15, -0.1) is 0 Å². The van der Waals surface area contributed by atoms with Crippen LogP contribution in [0.25, 0.3) is 22.9 Å². The van der Waals surface area contributed by atoms with Crippen molar-refractivity contribution in [1.82, 2.24) is 0 Å². The zero-order valence-corrected chi connectivity index (χ0v) is 7.42. The third-order valence-electron chi connectivity index (χ3n) is 2.55. The Labute approximate surface area is 81.0 Å². The summed E-state index contributed by atoms with van der Waals surface area (Å²) in [7, 11) is 0. The summed E-state index contributed by atoms with van der Waals surface area (Å²) in [6.07, 6.45) is 6.83. The van der Waals surface area contributed by atoms with Crippen LogP contribution in [0.3, 0.4) is 0 Å². The van der Waals surface area contributed by atoms with Crippen LogP contribution in [0.5, 0.6) is 0 Å². The first-order chi connectivity index (χ1) is 6.88. The van der Waals surface area contributed by atoms with E-state index < -0.39 is 0 Å². The van der Waals surface area contributed by atoms with E-state index in [9.17, 15) is 4.79 Å². The fraction of sp³-hybridized carbons (Fsp3) is 0.0769. The molecule has 1 aliphatic carbocycles. The lowest BCUT2D eigenvalue weighted by Crippen LogP contribution is -2.29. The van der Waals surface area contributed by atoms with Crippen molar-refractivity contribution in [3.63, 3.8) is 0 Å². The molecule has 1 nitrogen and oxygen atoms in total. The summed E-state index contributed by atoms with van der Waals surface area (Å²) in [5.74, 6) is 1.88. The second kappa shape index (κ2) is 2.57. The SMILES string of the molecule is O=C=C1[C]=c2c(c3ccc2cc3)=[C]C1. The molecular formula is C13H6O. The van der Waals surface area contributed by atoms with Crippen LogP contribution in [-0.2, 0) is 4.79 Å². The van der Waals surface area contributed by atoms with E-state index in [1.165, 1.54) is 0 Å². The molecular weight excluding hydrogens is 172 g/mol. The van der Waals surface area contributed by atoms with Crippen LogP contribution in [-0.4, -0.2) is 5.94 Å². The molecule has 0 aliphatic heterocycles. The van der Waals surface area contributed by atoms with Crippen molar-refractivity contribution in [2.75, 3.05) is 0 Å². The van der Waals surface area contributed by atoms with E-state index in [1.807, 2.05) is 18.1 Å². The second-order valence-corrected chi connectivity index (χ2v) is 3.39. The normalized spacial score (nSPS) is 14.4. The summed E-state index contributed by atoms with van der Waals surface area (Å²) < 4.78 is 0. The molecule has 0 amide bonds. The highest BCUT2D eigenvalue weighted by Gasteiger charge is 2.05. The van der Waals surface area contributed by atoms with Gasteiger partial charge in [-0.25, -0.2) is 4.79 Å². The molecule has 4 rings (SSSR count). The lowest BCUT2D eigenvalue weighted by Gasteiger charge is -2.05. The number of hydrogen-bond donors (Lipinski definition) is 0. The lowest BCUT2D eigenvalue weighted by molar-refractivity contribution is 0.567. The molecule has 0 spiro atoms. The van der Waals surface area contributed by atoms with Crippen molar-refractivity contribution >= 4 is 28.9 Å². The third kappa shape index (κ3) is 0.876. The Kier molecular flexibility index (Phi) is 1.38. The van der Waals surface area contributed by atoms with Crippen LogP contribution in [0.2, 0.25) is 0 Å². The summed E-state index contributed by atoms with van der Waals surface area (Å²) in [4.78, 5) is 10.5. The maximum Gasteiger partial charge on any atom is 0.128 e. The van der Waals surface area contributed by atoms with E-state index in [0.29, 0.717) is 12.0 Å². The van der Waals surface area contributed by atoms with Gasteiger partial charge < -0.3 is 0 Å². The van der Waals surface area contributed by atoms with Crippen molar-refractivity contribution < 1.29 is 4.79 Å². The van der Waals surface area contributed by atoms with Gasteiger partial charge in [-0.2, -0.15) is 0 Å². The van der Waals surface area contributed by atoms with Crippen LogP contribution >= 0.6 is 0 Å². The number of rotatable bonds is 0. The van der Waals surface area contributed by atoms with E-state index in [2.05, 4.69) is 24.3 Å². The molecule has 0 saturated heterocycles. The van der Waals surface area contributed by atoms with Crippen LogP contribution < -0.4 is 10.4 Å². The third-order valence-corrected chi connectivity index (χ3v) is 2.55. The average molecular weight is 178 g/mol. The molecule has 3 aromatic rings. The van der Waals surface area contributed by atoms with Crippen LogP contribution in [0, 0.1) is 0 Å². The Morgan fingerprint density at radius 2 is 1.71 bits per heavy atom. The molecule has 0 heterocycles. The zero-order chi connectivity index (χ0) is 9.54. The van der Waals surface area contributed by atoms with Gasteiger partial charge in [-0.1, -0.05) is 24.3 Å². The summed E-state index contributed by atoms with van der Waals surface area (Å²) in [5.41, 5.74) is 0.561. The van der Waals surface area contributed by atoms with E-state index >= 15 is 0 Å². The van der Waals surface area contributed by atoms with E-state index in [-0.39, 0.29) is 0 Å². The summed E-state index contributed by atoms with van der Waals surface area (Å²) >= 11 is 0. The van der Waals surface area contributed by atoms with Gasteiger partial charge in [0.1, 0.15) is 5.94 Å². The number of carbonyl (C=O) groups excluding carboxylic acids is 1. The minimum Gasteiger partial charge on any atom is -0.233 e. The lowest BCUT2D eigenvalue weighted by atomic mass is 9.97. The van der Waals surface area contributed by atoms with Crippen LogP contribution in [0.1, 0.15) is 6.42 Å². The van der Waals surface area contributed by atoms with Gasteiger partial charge in [0, 0.05) is 18.1 Å². The first-order valence-corrected chi connectivity index (χ1v) is 4.48. The predicted molar refractivity (Wildman–Crippen MR) is 55.0 cm³/mol. The molecule has 0 aromatic heterocycles. The Morgan fingerprint density at radius 1 is 1.07 bits per heavy atom. The quantitative estimate of drug-likeness (QED) is 0.544. The van der Waals surface area contributed by atoms with Crippen molar-refractivity contribution in [3.8, 4) is 0 Å². The Morgan fingerprint density at radius 3 is 2.36 bits per heavy atom. The molecule has 3 aromatic carbocycles. The van der Waals surface area contributed by atoms with Crippen molar-refractivity contribution in [3.05, 3.63) is 40.3 Å². The molecule has 1 aliphatic rings. The fourth-order valence-electron chi connectivity index (χ4n) is 1.85. The Balaban J connectivity index is 2.60. The van der Waals surface area contributed by atoms with Crippen molar-refractivity contribution in [1.29, 1.82) is 0 Å². The summed E-state index contributed by atoms with van der Waals surface area (Å²) in [6, 6.07) is 8.21. The maximum absolute atomic E-state index is 10.5. The second-order valence-electron chi connectivity index (χ2n) is 3.39. The van der Waals surface area contributed by atoms with Gasteiger partial charge in [0.25, 0.3) is 0 Å². The smallest absolute Gasteiger partial charge is 0.128 e. The molecule has 0 fully saturated rings. The fourth-order valence-corrected chi connectivity index (χ4v) is 1.85. The van der Waals surface area contributed by atoms with Gasteiger partial charge in [0.2, 0.25) is 0 Å². The molecule has 0 unspecified atom stereocenters. The van der Waals surface area contributed by atoms with Crippen LogP contribution in [0.15, 0.2) is 29.8 Å². The molecule has 14 heavy (non-hydrogen) atoms. The monoisotopic (exact) mass is 178 g/mol. The molecule has 2 radical (unpaired) electrons. The van der Waals surface area contributed by atoms with Crippen molar-refractivity contribution in [2.45, 2.75) is 6.42 Å². The summed E-state index contributed by atoms with van der Waals surface area (Å²) in [5, 5.41) is 4.35. The van der Waals surface area contributed by atoms with E-state index in [0.717, 1.165) is 21.2 Å². The molecule has 1 heteroatoms. The van der Waals surface area contributed by atoms with Gasteiger partial charge in [-0.05, 0) is 27.3 Å². The zero-order valence-electron chi connectivity index (χ0n) is 7.42. The number of allylic oxidation sites excluding steroid dienone is 1. The Bertz CT molecular complexity index is 637. The van der Waals surface area contributed by atoms with Crippen LogP contribution in [0.4, 0.5) is 0 Å². The number of hydrogen-bond acceptors (Lipinski definition) is 1. The highest BCUT2D eigenvalue weighted by atomic mass is 16.1. The minimum atomic E-state index is 0.529. The first-order valence-electron chi connectivity index (χ1n) is 4.48. The maximum atomic E-state index is 10.5. The predicted octanol–water partition coefficient (Wildman–Crippen LogP) is 0.754. The average Bonchev–Trinajstić information content (AvgIpc) is 2.30. The largest absolute Gasteiger partial charge is 0.233 e. The molecule has 0 saturated carbocycles. The molecule has 64 valence electrons. The molecule has 0 atom stereocenters. The highest BCUT2D eigenvalue weighted by molar-refractivity contribution is 5.81. The standard InChI is InChI=1S/C13H6O/c14-8-9-1-6-12-10-2-4-11(5-3-10)13(12)7-9/h2-5H,1H2. The van der Waals surface area contributed by atoms with E-state index in [1.54, 1.807) is 0 Å². The number of benzene rings is 3. The first kappa shape index (κ1) is 7.54. The number of fused-ring (bicyclic) bond motifs is 2. The molecule has 0 N–H and O–H groups in total. The van der Waals surface area contributed by atoms with Crippen molar-refractivity contribution in [2.24, 2.45) is 0 Å². The van der Waals surface area contributed by atoms with Gasteiger partial charge in [0.15, 0.2) is 0 Å². The Hall–Kier alpha value is -1.85. The highest BCUT2D eigenvalue weighted by Crippen LogP contribution is 2.08. The minimum absolute atomic E-state index is 0.529. The summed E-state index contributed by atoms with van der Waals surface area (Å²) in [6.45, 7) is 0. The topological polar surface area (TPSA) is 17.1 Å².